The van der Waals surface area contributed by atoms with Crippen molar-refractivity contribution in [2.24, 2.45) is 0 Å². The molecule has 2 atom stereocenters. The molecule has 0 amide bonds. The fourth-order valence-corrected chi connectivity index (χ4v) is 4.57. The van der Waals surface area contributed by atoms with Crippen LogP contribution >= 0.6 is 11.6 Å². The van der Waals surface area contributed by atoms with E-state index < -0.39 is 10.0 Å². The van der Waals surface area contributed by atoms with Gasteiger partial charge in [-0.05, 0) is 31.5 Å². The van der Waals surface area contributed by atoms with Crippen LogP contribution in [-0.2, 0) is 14.8 Å². The Morgan fingerprint density at radius 1 is 1.50 bits per heavy atom. The van der Waals surface area contributed by atoms with Crippen LogP contribution in [0.1, 0.15) is 20.3 Å². The van der Waals surface area contributed by atoms with Gasteiger partial charge in [0.1, 0.15) is 4.90 Å². The van der Waals surface area contributed by atoms with Crippen LogP contribution < -0.4 is 5.73 Å². The zero-order chi connectivity index (χ0) is 14.9. The number of ether oxygens (including phenoxy) is 1. The van der Waals surface area contributed by atoms with Crippen LogP contribution in [0.15, 0.2) is 23.1 Å². The number of nitrogen functional groups attached to an aromatic ring is 1. The van der Waals surface area contributed by atoms with Gasteiger partial charge in [0.15, 0.2) is 0 Å². The van der Waals surface area contributed by atoms with Gasteiger partial charge in [-0.3, -0.25) is 0 Å². The molecule has 0 spiro atoms. The van der Waals surface area contributed by atoms with E-state index in [0.29, 0.717) is 25.3 Å². The second-order valence-corrected chi connectivity index (χ2v) is 7.24. The zero-order valence-corrected chi connectivity index (χ0v) is 13.1. The molecule has 0 saturated carbocycles. The molecule has 1 aromatic carbocycles. The molecule has 1 saturated heterocycles. The lowest BCUT2D eigenvalue weighted by Gasteiger charge is -2.37. The molecule has 0 radical (unpaired) electrons. The number of hydrogen-bond acceptors (Lipinski definition) is 4. The van der Waals surface area contributed by atoms with Gasteiger partial charge in [-0.2, -0.15) is 4.31 Å². The van der Waals surface area contributed by atoms with Gasteiger partial charge in [0.05, 0.1) is 17.7 Å². The average Bonchev–Trinajstić information content (AvgIpc) is 2.38. The summed E-state index contributed by atoms with van der Waals surface area (Å²) in [6.45, 7) is 4.54. The monoisotopic (exact) mass is 318 g/mol. The van der Waals surface area contributed by atoms with E-state index in [1.807, 2.05) is 13.8 Å². The highest BCUT2D eigenvalue weighted by Crippen LogP contribution is 2.30. The van der Waals surface area contributed by atoms with Gasteiger partial charge in [-0.1, -0.05) is 18.5 Å². The van der Waals surface area contributed by atoms with Crippen molar-refractivity contribution in [3.05, 3.63) is 23.2 Å². The van der Waals surface area contributed by atoms with Gasteiger partial charge >= 0.3 is 0 Å². The third kappa shape index (κ3) is 2.93. The number of rotatable bonds is 3. The topological polar surface area (TPSA) is 72.6 Å². The van der Waals surface area contributed by atoms with Crippen molar-refractivity contribution in [3.63, 3.8) is 0 Å². The maximum atomic E-state index is 12.8. The van der Waals surface area contributed by atoms with E-state index in [1.54, 1.807) is 6.07 Å². The van der Waals surface area contributed by atoms with E-state index in [4.69, 9.17) is 22.1 Å². The molecular formula is C13H19ClN2O3S. The van der Waals surface area contributed by atoms with Crippen LogP contribution in [0.5, 0.6) is 0 Å². The third-order valence-electron chi connectivity index (χ3n) is 3.43. The number of anilines is 1. The lowest BCUT2D eigenvalue weighted by Crippen LogP contribution is -2.51. The molecule has 0 bridgehead atoms. The highest BCUT2D eigenvalue weighted by molar-refractivity contribution is 7.89. The van der Waals surface area contributed by atoms with Crippen molar-refractivity contribution in [2.75, 3.05) is 18.9 Å². The Labute approximate surface area is 124 Å². The SMILES string of the molecule is CCC1COC(C)CN1S(=O)(=O)c1ccc(N)cc1Cl. The van der Waals surface area contributed by atoms with E-state index in [-0.39, 0.29) is 22.1 Å². The van der Waals surface area contributed by atoms with E-state index in [9.17, 15) is 8.42 Å². The minimum absolute atomic E-state index is 0.0981. The van der Waals surface area contributed by atoms with Gasteiger partial charge < -0.3 is 10.5 Å². The first kappa shape index (κ1) is 15.6. The maximum absolute atomic E-state index is 12.8. The Morgan fingerprint density at radius 3 is 2.80 bits per heavy atom. The molecule has 1 aliphatic rings. The molecule has 112 valence electrons. The van der Waals surface area contributed by atoms with Crippen molar-refractivity contribution in [3.8, 4) is 0 Å². The summed E-state index contributed by atoms with van der Waals surface area (Å²) in [5.74, 6) is 0. The molecule has 2 N–H and O–H groups in total. The van der Waals surface area contributed by atoms with Gasteiger partial charge in [0, 0.05) is 18.3 Å². The summed E-state index contributed by atoms with van der Waals surface area (Å²) in [6, 6.07) is 4.30. The van der Waals surface area contributed by atoms with Gasteiger partial charge in [-0.15, -0.1) is 0 Å². The van der Waals surface area contributed by atoms with Crippen molar-refractivity contribution in [2.45, 2.75) is 37.3 Å². The number of sulfonamides is 1. The number of hydrogen-bond donors (Lipinski definition) is 1. The lowest BCUT2D eigenvalue weighted by atomic mass is 10.2. The minimum Gasteiger partial charge on any atom is -0.399 e. The highest BCUT2D eigenvalue weighted by atomic mass is 35.5. The molecule has 1 aliphatic heterocycles. The zero-order valence-electron chi connectivity index (χ0n) is 11.5. The molecule has 20 heavy (non-hydrogen) atoms. The normalized spacial score (nSPS) is 24.8. The highest BCUT2D eigenvalue weighted by Gasteiger charge is 2.36. The van der Waals surface area contributed by atoms with Gasteiger partial charge in [-0.25, -0.2) is 8.42 Å². The van der Waals surface area contributed by atoms with Crippen molar-refractivity contribution < 1.29 is 13.2 Å². The number of nitrogens with zero attached hydrogens (tertiary/aromatic N) is 1. The molecule has 0 aliphatic carbocycles. The Kier molecular flexibility index (Phi) is 4.59. The molecule has 1 aromatic rings. The summed E-state index contributed by atoms with van der Waals surface area (Å²) in [6.07, 6.45) is 0.568. The largest absolute Gasteiger partial charge is 0.399 e. The van der Waals surface area contributed by atoms with Crippen LogP contribution in [-0.4, -0.2) is 38.0 Å². The third-order valence-corrected chi connectivity index (χ3v) is 5.83. The number of benzene rings is 1. The first-order valence-electron chi connectivity index (χ1n) is 6.54. The number of halogens is 1. The Balaban J connectivity index is 2.42. The smallest absolute Gasteiger partial charge is 0.244 e. The van der Waals surface area contributed by atoms with E-state index in [2.05, 4.69) is 0 Å². The Bertz CT molecular complexity index is 591. The Hall–Kier alpha value is -0.820. The standard InChI is InChI=1S/C13H19ClN2O3S/c1-3-11-8-19-9(2)7-16(11)20(17,18)13-5-4-10(15)6-12(13)14/h4-6,9,11H,3,7-8,15H2,1-2H3. The van der Waals surface area contributed by atoms with Crippen LogP contribution in [0.3, 0.4) is 0 Å². The lowest BCUT2D eigenvalue weighted by molar-refractivity contribution is -0.0230. The van der Waals surface area contributed by atoms with Crippen molar-refractivity contribution >= 4 is 27.3 Å². The first-order valence-corrected chi connectivity index (χ1v) is 8.36. The number of nitrogens with two attached hydrogens (primary N) is 1. The molecule has 0 aromatic heterocycles. The summed E-state index contributed by atoms with van der Waals surface area (Å²) in [5, 5.41) is 0.152. The van der Waals surface area contributed by atoms with Crippen molar-refractivity contribution in [1.82, 2.24) is 4.31 Å². The fraction of sp³-hybridized carbons (Fsp3) is 0.538. The van der Waals surface area contributed by atoms with Crippen LogP contribution in [0.4, 0.5) is 5.69 Å². The predicted molar refractivity (Wildman–Crippen MR) is 79.2 cm³/mol. The average molecular weight is 319 g/mol. The number of morpholine rings is 1. The van der Waals surface area contributed by atoms with E-state index in [0.717, 1.165) is 0 Å². The van der Waals surface area contributed by atoms with E-state index in [1.165, 1.54) is 16.4 Å². The molecule has 2 rings (SSSR count). The molecular weight excluding hydrogens is 300 g/mol. The summed E-state index contributed by atoms with van der Waals surface area (Å²) in [5.41, 5.74) is 6.05. The fourth-order valence-electron chi connectivity index (χ4n) is 2.28. The summed E-state index contributed by atoms with van der Waals surface area (Å²) in [4.78, 5) is 0.0981. The van der Waals surface area contributed by atoms with E-state index >= 15 is 0 Å². The molecule has 1 fully saturated rings. The predicted octanol–water partition coefficient (Wildman–Crippen LogP) is 2.11. The van der Waals surface area contributed by atoms with Gasteiger partial charge in [0.25, 0.3) is 0 Å². The van der Waals surface area contributed by atoms with Crippen LogP contribution in [0.25, 0.3) is 0 Å². The molecule has 1 heterocycles. The molecule has 5 nitrogen and oxygen atoms in total. The summed E-state index contributed by atoms with van der Waals surface area (Å²) >= 11 is 6.04. The second kappa shape index (κ2) is 5.89. The van der Waals surface area contributed by atoms with Crippen LogP contribution in [0, 0.1) is 0 Å². The quantitative estimate of drug-likeness (QED) is 0.866. The second-order valence-electron chi connectivity index (χ2n) is 4.97. The summed E-state index contributed by atoms with van der Waals surface area (Å²) < 4.78 is 32.6. The van der Waals surface area contributed by atoms with Gasteiger partial charge in [0.2, 0.25) is 10.0 Å². The Morgan fingerprint density at radius 2 is 2.20 bits per heavy atom. The van der Waals surface area contributed by atoms with Crippen molar-refractivity contribution in [1.29, 1.82) is 0 Å². The summed E-state index contributed by atoms with van der Waals surface area (Å²) in [7, 11) is -3.64. The minimum atomic E-state index is -3.64. The molecule has 7 heteroatoms. The molecule has 2 unspecified atom stereocenters. The van der Waals surface area contributed by atoms with Crippen LogP contribution in [0.2, 0.25) is 5.02 Å². The maximum Gasteiger partial charge on any atom is 0.244 e. The first-order chi connectivity index (χ1) is 9.36.